The molecule has 0 saturated heterocycles. The highest BCUT2D eigenvalue weighted by atomic mass is 16.1. The molecule has 0 saturated carbocycles. The van der Waals surface area contributed by atoms with E-state index in [-0.39, 0.29) is 5.91 Å². The zero-order valence-electron chi connectivity index (χ0n) is 18.0. The maximum absolute atomic E-state index is 12.8. The largest absolute Gasteiger partial charge is 0.351 e. The molecule has 0 aliphatic heterocycles. The quantitative estimate of drug-likeness (QED) is 0.375. The molecule has 2 aromatic heterocycles. The van der Waals surface area contributed by atoms with Crippen molar-refractivity contribution >= 4 is 11.9 Å². The number of amides is 1. The van der Waals surface area contributed by atoms with Crippen molar-refractivity contribution in [3.8, 4) is 5.69 Å². The zero-order chi connectivity index (χ0) is 22.2. The Morgan fingerprint density at radius 2 is 1.75 bits per heavy atom. The molecule has 0 fully saturated rings. The van der Waals surface area contributed by atoms with E-state index in [2.05, 4.69) is 50.3 Å². The van der Waals surface area contributed by atoms with E-state index in [1.165, 1.54) is 0 Å². The molecule has 1 amide bonds. The first kappa shape index (κ1) is 21.2. The molecule has 4 rings (SSSR count). The van der Waals surface area contributed by atoms with Crippen LogP contribution >= 0.6 is 0 Å². The van der Waals surface area contributed by atoms with Gasteiger partial charge in [0.2, 0.25) is 5.95 Å². The lowest BCUT2D eigenvalue weighted by atomic mass is 10.1. The van der Waals surface area contributed by atoms with Crippen LogP contribution in [0.3, 0.4) is 0 Å². The van der Waals surface area contributed by atoms with Crippen LogP contribution in [0.15, 0.2) is 66.9 Å². The van der Waals surface area contributed by atoms with Crippen LogP contribution in [0.1, 0.15) is 35.0 Å². The van der Waals surface area contributed by atoms with Gasteiger partial charge in [-0.1, -0.05) is 67.0 Å². The van der Waals surface area contributed by atoms with Crippen molar-refractivity contribution in [2.24, 2.45) is 0 Å². The number of carbonyl (C=O) groups excluding carboxylic acids is 1. The first-order valence-electron chi connectivity index (χ1n) is 10.7. The maximum Gasteiger partial charge on any atom is 0.254 e. The van der Waals surface area contributed by atoms with Gasteiger partial charge in [-0.15, -0.1) is 0 Å². The van der Waals surface area contributed by atoms with E-state index in [0.717, 1.165) is 29.8 Å². The number of tetrazole rings is 1. The Morgan fingerprint density at radius 1 is 1.00 bits per heavy atom. The Kier molecular flexibility index (Phi) is 6.86. The second-order valence-electron chi connectivity index (χ2n) is 7.33. The highest BCUT2D eigenvalue weighted by Gasteiger charge is 2.17. The van der Waals surface area contributed by atoms with Crippen molar-refractivity contribution in [1.29, 1.82) is 0 Å². The predicted molar refractivity (Wildman–Crippen MR) is 122 cm³/mol. The Morgan fingerprint density at radius 3 is 2.50 bits per heavy atom. The van der Waals surface area contributed by atoms with E-state index in [9.17, 15) is 4.79 Å². The molecule has 0 bridgehead atoms. The average Bonchev–Trinajstić information content (AvgIpc) is 3.46. The summed E-state index contributed by atoms with van der Waals surface area (Å²) in [5.41, 5.74) is 3.59. The monoisotopic (exact) mass is 430 g/mol. The summed E-state index contributed by atoms with van der Waals surface area (Å²) >= 11 is 0. The molecule has 0 unspecified atom stereocenters. The minimum Gasteiger partial charge on any atom is -0.351 e. The molecule has 2 aromatic carbocycles. The van der Waals surface area contributed by atoms with Gasteiger partial charge in [0, 0.05) is 13.1 Å². The Bertz CT molecular complexity index is 1140. The summed E-state index contributed by atoms with van der Waals surface area (Å²) in [7, 11) is 0. The minimum absolute atomic E-state index is 0.128. The SMILES string of the molecule is CCCc1c(C(=O)NCCNc2nnnn2-c2ccccc2)cnn1Cc1ccccc1. The highest BCUT2D eigenvalue weighted by Crippen LogP contribution is 2.14. The van der Waals surface area contributed by atoms with Crippen molar-refractivity contribution in [3.63, 3.8) is 0 Å². The Balaban J connectivity index is 1.35. The maximum atomic E-state index is 12.8. The van der Waals surface area contributed by atoms with Crippen LogP contribution in [0, 0.1) is 0 Å². The molecule has 0 radical (unpaired) electrons. The van der Waals surface area contributed by atoms with Gasteiger partial charge in [-0.2, -0.15) is 9.78 Å². The fourth-order valence-electron chi connectivity index (χ4n) is 3.48. The average molecular weight is 431 g/mol. The summed E-state index contributed by atoms with van der Waals surface area (Å²) in [6.07, 6.45) is 3.39. The summed E-state index contributed by atoms with van der Waals surface area (Å²) < 4.78 is 3.54. The van der Waals surface area contributed by atoms with Crippen molar-refractivity contribution in [2.75, 3.05) is 18.4 Å². The molecule has 0 atom stereocenters. The number of rotatable bonds is 10. The molecule has 2 N–H and O–H groups in total. The Hall–Kier alpha value is -4.01. The summed E-state index contributed by atoms with van der Waals surface area (Å²) in [5.74, 6) is 0.394. The van der Waals surface area contributed by atoms with Gasteiger partial charge in [0.25, 0.3) is 5.91 Å². The normalized spacial score (nSPS) is 10.8. The van der Waals surface area contributed by atoms with Gasteiger partial charge in [0.15, 0.2) is 0 Å². The summed E-state index contributed by atoms with van der Waals surface area (Å²) in [6, 6.07) is 19.8. The molecular formula is C23H26N8O. The van der Waals surface area contributed by atoms with E-state index >= 15 is 0 Å². The summed E-state index contributed by atoms with van der Waals surface area (Å²) in [6.45, 7) is 3.66. The van der Waals surface area contributed by atoms with Crippen molar-refractivity contribution < 1.29 is 4.79 Å². The number of para-hydroxylation sites is 1. The van der Waals surface area contributed by atoms with Crippen molar-refractivity contribution in [3.05, 3.63) is 83.7 Å². The highest BCUT2D eigenvalue weighted by molar-refractivity contribution is 5.95. The summed E-state index contributed by atoms with van der Waals surface area (Å²) in [4.78, 5) is 12.8. The number of hydrogen-bond acceptors (Lipinski definition) is 6. The van der Waals surface area contributed by atoms with Crippen LogP contribution in [0.2, 0.25) is 0 Å². The van der Waals surface area contributed by atoms with E-state index < -0.39 is 0 Å². The third-order valence-corrected chi connectivity index (χ3v) is 5.02. The lowest BCUT2D eigenvalue weighted by molar-refractivity contribution is 0.0954. The first-order valence-corrected chi connectivity index (χ1v) is 10.7. The fourth-order valence-corrected chi connectivity index (χ4v) is 3.48. The van der Waals surface area contributed by atoms with Crippen LogP contribution in [-0.2, 0) is 13.0 Å². The van der Waals surface area contributed by atoms with Gasteiger partial charge in [0.05, 0.1) is 29.7 Å². The molecular weight excluding hydrogens is 404 g/mol. The molecule has 9 nitrogen and oxygen atoms in total. The molecule has 164 valence electrons. The Labute approximate surface area is 186 Å². The fraction of sp³-hybridized carbons (Fsp3) is 0.261. The molecule has 0 aliphatic carbocycles. The third kappa shape index (κ3) is 5.00. The van der Waals surface area contributed by atoms with Crippen molar-refractivity contribution in [1.82, 2.24) is 35.3 Å². The number of hydrogen-bond donors (Lipinski definition) is 2. The molecule has 0 aliphatic rings. The molecule has 0 spiro atoms. The number of benzene rings is 2. The molecule has 4 aromatic rings. The van der Waals surface area contributed by atoms with Crippen LogP contribution in [0.4, 0.5) is 5.95 Å². The molecule has 9 heteroatoms. The van der Waals surface area contributed by atoms with Gasteiger partial charge in [-0.05, 0) is 34.5 Å². The second-order valence-corrected chi connectivity index (χ2v) is 7.33. The van der Waals surface area contributed by atoms with E-state index in [0.29, 0.717) is 31.1 Å². The lowest BCUT2D eigenvalue weighted by Crippen LogP contribution is -2.30. The van der Waals surface area contributed by atoms with Gasteiger partial charge in [-0.3, -0.25) is 9.48 Å². The predicted octanol–water partition coefficient (Wildman–Crippen LogP) is 2.70. The van der Waals surface area contributed by atoms with Crippen LogP contribution in [0.25, 0.3) is 5.69 Å². The van der Waals surface area contributed by atoms with Crippen molar-refractivity contribution in [2.45, 2.75) is 26.3 Å². The minimum atomic E-state index is -0.128. The molecule has 2 heterocycles. The smallest absolute Gasteiger partial charge is 0.254 e. The van der Waals surface area contributed by atoms with Gasteiger partial charge in [0.1, 0.15) is 0 Å². The number of aromatic nitrogens is 6. The number of nitrogens with one attached hydrogen (secondary N) is 2. The number of carbonyl (C=O) groups is 1. The topological polar surface area (TPSA) is 103 Å². The van der Waals surface area contributed by atoms with Crippen LogP contribution < -0.4 is 10.6 Å². The second kappa shape index (κ2) is 10.3. The van der Waals surface area contributed by atoms with Gasteiger partial charge >= 0.3 is 0 Å². The lowest BCUT2D eigenvalue weighted by Gasteiger charge is -2.10. The third-order valence-electron chi connectivity index (χ3n) is 5.02. The molecule has 32 heavy (non-hydrogen) atoms. The van der Waals surface area contributed by atoms with Crippen LogP contribution in [-0.4, -0.2) is 49.0 Å². The number of anilines is 1. The van der Waals surface area contributed by atoms with Crippen LogP contribution in [0.5, 0.6) is 0 Å². The van der Waals surface area contributed by atoms with E-state index in [1.807, 2.05) is 53.2 Å². The number of nitrogens with zero attached hydrogens (tertiary/aromatic N) is 6. The first-order chi connectivity index (χ1) is 15.8. The summed E-state index contributed by atoms with van der Waals surface area (Å²) in [5, 5.41) is 22.4. The van der Waals surface area contributed by atoms with Gasteiger partial charge in [-0.25, -0.2) is 0 Å². The van der Waals surface area contributed by atoms with E-state index in [1.54, 1.807) is 10.9 Å². The van der Waals surface area contributed by atoms with E-state index in [4.69, 9.17) is 0 Å². The standard InChI is InChI=1S/C23H26N8O/c1-2-9-21-20(16-26-30(21)17-18-10-5-3-6-11-18)22(32)24-14-15-25-23-27-28-29-31(23)19-12-7-4-8-13-19/h3-8,10-13,16H,2,9,14-15,17H2,1H3,(H,24,32)(H,25,27,29). The zero-order valence-corrected chi connectivity index (χ0v) is 18.0. The van der Waals surface area contributed by atoms with Gasteiger partial charge < -0.3 is 10.6 Å².